The zero-order valence-electron chi connectivity index (χ0n) is 12.7. The van der Waals surface area contributed by atoms with E-state index < -0.39 is 0 Å². The molecule has 0 fully saturated rings. The van der Waals surface area contributed by atoms with Gasteiger partial charge >= 0.3 is 0 Å². The number of benzene rings is 1. The van der Waals surface area contributed by atoms with Gasteiger partial charge in [-0.2, -0.15) is 5.26 Å². The fraction of sp³-hybridized carbons (Fsp3) is 0.118. The minimum absolute atomic E-state index is 0.172. The molecule has 0 atom stereocenters. The maximum absolute atomic E-state index is 11.9. The number of aryl methyl sites for hydroxylation is 1. The van der Waals surface area contributed by atoms with Gasteiger partial charge in [-0.15, -0.1) is 11.3 Å². The molecule has 116 valence electrons. The number of rotatable bonds is 3. The Bertz CT molecular complexity index is 801. The molecule has 1 aromatic carbocycles. The summed E-state index contributed by atoms with van der Waals surface area (Å²) >= 11 is 6.56. The Morgan fingerprint density at radius 1 is 1.30 bits per heavy atom. The summed E-state index contributed by atoms with van der Waals surface area (Å²) in [6.45, 7) is 3.83. The van der Waals surface area contributed by atoms with Crippen LogP contribution in [0.5, 0.6) is 0 Å². The number of thiophene rings is 1. The number of anilines is 1. The molecule has 2 rings (SSSR count). The van der Waals surface area contributed by atoms with Crippen LogP contribution in [-0.4, -0.2) is 11.0 Å². The molecule has 1 aromatic heterocycles. The van der Waals surface area contributed by atoms with E-state index in [0.29, 0.717) is 10.6 Å². The van der Waals surface area contributed by atoms with Crippen molar-refractivity contribution in [2.24, 2.45) is 0 Å². The molecule has 0 saturated carbocycles. The van der Waals surface area contributed by atoms with Gasteiger partial charge in [0.2, 0.25) is 5.91 Å². The van der Waals surface area contributed by atoms with Crippen LogP contribution in [0.1, 0.15) is 21.6 Å². The zero-order chi connectivity index (χ0) is 16.8. The molecule has 1 amide bonds. The quantitative estimate of drug-likeness (QED) is 0.659. The molecule has 0 radical (unpaired) electrons. The van der Waals surface area contributed by atoms with Gasteiger partial charge in [-0.1, -0.05) is 30.3 Å². The summed E-state index contributed by atoms with van der Waals surface area (Å²) in [5.74, 6) is -0.324. The van der Waals surface area contributed by atoms with Crippen molar-refractivity contribution in [1.82, 2.24) is 5.32 Å². The number of nitrogens with zero attached hydrogens (tertiary/aromatic N) is 1. The predicted molar refractivity (Wildman–Crippen MR) is 98.3 cm³/mol. The molecule has 0 aliphatic rings. The fourth-order valence-corrected chi connectivity index (χ4v) is 3.16. The molecule has 0 bridgehead atoms. The smallest absolute Gasteiger partial charge is 0.250 e. The number of carbonyl (C=O) groups is 1. The first-order valence-corrected chi connectivity index (χ1v) is 8.09. The number of hydrogen-bond donors (Lipinski definition) is 2. The van der Waals surface area contributed by atoms with Gasteiger partial charge in [-0.25, -0.2) is 0 Å². The van der Waals surface area contributed by atoms with Gasteiger partial charge in [0.05, 0.1) is 5.56 Å². The molecule has 0 unspecified atom stereocenters. The lowest BCUT2D eigenvalue weighted by molar-refractivity contribution is -0.115. The van der Waals surface area contributed by atoms with Gasteiger partial charge in [-0.05, 0) is 43.3 Å². The van der Waals surface area contributed by atoms with Crippen molar-refractivity contribution in [2.45, 2.75) is 13.8 Å². The Morgan fingerprint density at radius 3 is 2.65 bits per heavy atom. The van der Waals surface area contributed by atoms with Crippen LogP contribution in [0, 0.1) is 25.2 Å². The Hall–Kier alpha value is -2.49. The van der Waals surface area contributed by atoms with Crippen LogP contribution >= 0.6 is 23.6 Å². The summed E-state index contributed by atoms with van der Waals surface area (Å²) in [6, 6.07) is 11.7. The molecular weight excluding hydrogens is 326 g/mol. The molecule has 0 spiro atoms. The van der Waals surface area contributed by atoms with E-state index >= 15 is 0 Å². The lowest BCUT2D eigenvalue weighted by Gasteiger charge is -2.06. The molecule has 0 aliphatic carbocycles. The van der Waals surface area contributed by atoms with E-state index in [4.69, 9.17) is 12.2 Å². The van der Waals surface area contributed by atoms with Crippen LogP contribution in [-0.2, 0) is 4.79 Å². The Morgan fingerprint density at radius 2 is 2.00 bits per heavy atom. The van der Waals surface area contributed by atoms with E-state index in [9.17, 15) is 10.1 Å². The molecule has 4 nitrogen and oxygen atoms in total. The van der Waals surface area contributed by atoms with Crippen LogP contribution in [0.3, 0.4) is 0 Å². The number of amides is 1. The molecular formula is C17H15N3OS2. The van der Waals surface area contributed by atoms with E-state index in [0.717, 1.165) is 16.0 Å². The highest BCUT2D eigenvalue weighted by Gasteiger charge is 2.13. The first-order chi connectivity index (χ1) is 11.0. The highest BCUT2D eigenvalue weighted by molar-refractivity contribution is 7.80. The lowest BCUT2D eigenvalue weighted by atomic mass is 10.2. The second kappa shape index (κ2) is 7.68. The van der Waals surface area contributed by atoms with Crippen molar-refractivity contribution in [2.75, 3.05) is 5.32 Å². The van der Waals surface area contributed by atoms with Crippen molar-refractivity contribution in [3.8, 4) is 6.07 Å². The maximum Gasteiger partial charge on any atom is 0.250 e. The number of carbonyl (C=O) groups excluding carboxylic acids is 1. The second-order valence-corrected chi connectivity index (χ2v) is 6.42. The van der Waals surface area contributed by atoms with Crippen molar-refractivity contribution in [1.29, 1.82) is 5.26 Å². The van der Waals surface area contributed by atoms with Crippen LogP contribution in [0.2, 0.25) is 0 Å². The van der Waals surface area contributed by atoms with E-state index in [1.165, 1.54) is 17.4 Å². The number of nitrogens with one attached hydrogen (secondary N) is 2. The van der Waals surface area contributed by atoms with Gasteiger partial charge in [0.1, 0.15) is 11.1 Å². The molecule has 6 heteroatoms. The van der Waals surface area contributed by atoms with Gasteiger partial charge in [0, 0.05) is 11.0 Å². The largest absolute Gasteiger partial charge is 0.323 e. The standard InChI is InChI=1S/C17H15N3OS2/c1-11-12(2)23-16(14(11)10-18)20-17(22)19-15(21)9-8-13-6-4-3-5-7-13/h3-9H,1-2H3,(H2,19,20,21,22)/b9-8+. The van der Waals surface area contributed by atoms with Crippen molar-refractivity contribution < 1.29 is 4.79 Å². The molecule has 23 heavy (non-hydrogen) atoms. The van der Waals surface area contributed by atoms with Crippen LogP contribution < -0.4 is 10.6 Å². The van der Waals surface area contributed by atoms with Gasteiger partial charge < -0.3 is 5.32 Å². The van der Waals surface area contributed by atoms with E-state index in [1.54, 1.807) is 6.08 Å². The average Bonchev–Trinajstić information content (AvgIpc) is 2.80. The Labute approximate surface area is 144 Å². The fourth-order valence-electron chi connectivity index (χ4n) is 1.87. The summed E-state index contributed by atoms with van der Waals surface area (Å²) in [7, 11) is 0. The van der Waals surface area contributed by atoms with Gasteiger partial charge in [0.15, 0.2) is 5.11 Å². The average molecular weight is 341 g/mol. The van der Waals surface area contributed by atoms with E-state index in [1.807, 2.05) is 44.2 Å². The molecule has 1 heterocycles. The lowest BCUT2D eigenvalue weighted by Crippen LogP contribution is -2.32. The first kappa shape index (κ1) is 16.9. The highest BCUT2D eigenvalue weighted by atomic mass is 32.1. The molecule has 0 saturated heterocycles. The maximum atomic E-state index is 11.9. The van der Waals surface area contributed by atoms with E-state index in [2.05, 4.69) is 16.7 Å². The van der Waals surface area contributed by atoms with Crippen LogP contribution in [0.25, 0.3) is 6.08 Å². The molecule has 2 aromatic rings. The Balaban J connectivity index is 1.98. The van der Waals surface area contributed by atoms with E-state index in [-0.39, 0.29) is 11.0 Å². The third-order valence-corrected chi connectivity index (χ3v) is 4.51. The van der Waals surface area contributed by atoms with Crippen molar-refractivity contribution >= 4 is 45.7 Å². The normalized spacial score (nSPS) is 10.3. The van der Waals surface area contributed by atoms with Crippen molar-refractivity contribution in [3.05, 3.63) is 58.0 Å². The monoisotopic (exact) mass is 341 g/mol. The minimum Gasteiger partial charge on any atom is -0.323 e. The third-order valence-electron chi connectivity index (χ3n) is 3.19. The summed E-state index contributed by atoms with van der Waals surface area (Å²) in [5, 5.41) is 15.5. The second-order valence-electron chi connectivity index (χ2n) is 4.79. The van der Waals surface area contributed by atoms with Crippen molar-refractivity contribution in [3.63, 3.8) is 0 Å². The third kappa shape index (κ3) is 4.49. The number of nitriles is 1. The topological polar surface area (TPSA) is 64.9 Å². The predicted octanol–water partition coefficient (Wildman–Crippen LogP) is 3.76. The summed E-state index contributed by atoms with van der Waals surface area (Å²) < 4.78 is 0. The van der Waals surface area contributed by atoms with Gasteiger partial charge in [-0.3, -0.25) is 10.1 Å². The zero-order valence-corrected chi connectivity index (χ0v) is 14.3. The van der Waals surface area contributed by atoms with Crippen LogP contribution in [0.4, 0.5) is 5.00 Å². The Kier molecular flexibility index (Phi) is 5.63. The molecule has 0 aliphatic heterocycles. The van der Waals surface area contributed by atoms with Gasteiger partial charge in [0.25, 0.3) is 0 Å². The summed E-state index contributed by atoms with van der Waals surface area (Å²) in [4.78, 5) is 12.9. The SMILES string of the molecule is Cc1sc(NC(=S)NC(=O)/C=C/c2ccccc2)c(C#N)c1C. The van der Waals surface area contributed by atoms with Crippen LogP contribution in [0.15, 0.2) is 36.4 Å². The number of thiocarbonyl (C=S) groups is 1. The minimum atomic E-state index is -0.324. The number of hydrogen-bond acceptors (Lipinski definition) is 4. The highest BCUT2D eigenvalue weighted by Crippen LogP contribution is 2.31. The molecule has 2 N–H and O–H groups in total. The summed E-state index contributed by atoms with van der Waals surface area (Å²) in [6.07, 6.45) is 3.12. The first-order valence-electron chi connectivity index (χ1n) is 6.86. The summed E-state index contributed by atoms with van der Waals surface area (Å²) in [5.41, 5.74) is 2.42.